The van der Waals surface area contributed by atoms with Gasteiger partial charge in [-0.1, -0.05) is 48.5 Å². The highest BCUT2D eigenvalue weighted by Gasteiger charge is 2.16. The third kappa shape index (κ3) is 7.82. The second-order valence-electron chi connectivity index (χ2n) is 9.04. The van der Waals surface area contributed by atoms with Gasteiger partial charge in [0.2, 0.25) is 5.91 Å². The Morgan fingerprint density at radius 2 is 1.60 bits per heavy atom. The number of nitrogens with zero attached hydrogens (tertiary/aromatic N) is 1. The zero-order valence-electron chi connectivity index (χ0n) is 22.5. The van der Waals surface area contributed by atoms with E-state index in [9.17, 15) is 14.4 Å². The number of hydrogen-bond acceptors (Lipinski definition) is 7. The third-order valence-corrected chi connectivity index (χ3v) is 8.56. The van der Waals surface area contributed by atoms with E-state index in [0.29, 0.717) is 16.4 Å². The van der Waals surface area contributed by atoms with Crippen molar-refractivity contribution in [2.45, 2.75) is 11.8 Å². The molecule has 0 unspecified atom stereocenters. The molecule has 210 valence electrons. The summed E-state index contributed by atoms with van der Waals surface area (Å²) in [4.78, 5) is 45.0. The van der Waals surface area contributed by atoms with Gasteiger partial charge in [-0.3, -0.25) is 14.4 Å². The van der Waals surface area contributed by atoms with Crippen LogP contribution in [0.25, 0.3) is 17.3 Å². The van der Waals surface area contributed by atoms with E-state index in [4.69, 9.17) is 0 Å². The first kappa shape index (κ1) is 29.0. The number of thiophene rings is 1. The highest BCUT2D eigenvalue weighted by Crippen LogP contribution is 2.30. The smallest absolute Gasteiger partial charge is 0.272 e. The van der Waals surface area contributed by atoms with Gasteiger partial charge in [-0.05, 0) is 71.8 Å². The number of carbonyl (C=O) groups is 3. The SMILES string of the molecule is Cc1sc(NC(=O)CSc2ccc(NC(=O)/C(=C/c3ccsc3)NC(=O)c3ccccc3)cc2)nc1-c1ccccc1. The number of thiazole rings is 1. The minimum Gasteiger partial charge on any atom is -0.321 e. The summed E-state index contributed by atoms with van der Waals surface area (Å²) in [5.74, 6) is -0.757. The van der Waals surface area contributed by atoms with Crippen molar-refractivity contribution in [3.63, 3.8) is 0 Å². The summed E-state index contributed by atoms with van der Waals surface area (Å²) in [5, 5.41) is 12.8. The first-order valence-electron chi connectivity index (χ1n) is 12.9. The van der Waals surface area contributed by atoms with Crippen molar-refractivity contribution >= 4 is 69.1 Å². The van der Waals surface area contributed by atoms with Crippen molar-refractivity contribution < 1.29 is 14.4 Å². The van der Waals surface area contributed by atoms with E-state index in [2.05, 4.69) is 20.9 Å². The van der Waals surface area contributed by atoms with Gasteiger partial charge in [0.25, 0.3) is 11.8 Å². The molecule has 3 amide bonds. The van der Waals surface area contributed by atoms with E-state index in [1.807, 2.05) is 72.3 Å². The molecule has 42 heavy (non-hydrogen) atoms. The summed E-state index contributed by atoms with van der Waals surface area (Å²) in [7, 11) is 0. The number of amides is 3. The number of aromatic nitrogens is 1. The molecule has 2 heterocycles. The molecule has 3 aromatic carbocycles. The van der Waals surface area contributed by atoms with E-state index >= 15 is 0 Å². The lowest BCUT2D eigenvalue weighted by molar-refractivity contribution is -0.114. The molecule has 5 aromatic rings. The zero-order valence-corrected chi connectivity index (χ0v) is 24.9. The lowest BCUT2D eigenvalue weighted by Gasteiger charge is -2.11. The second-order valence-corrected chi connectivity index (χ2v) is 12.1. The van der Waals surface area contributed by atoms with Gasteiger partial charge >= 0.3 is 0 Å². The summed E-state index contributed by atoms with van der Waals surface area (Å²) in [6.07, 6.45) is 1.64. The van der Waals surface area contributed by atoms with Crippen molar-refractivity contribution in [2.24, 2.45) is 0 Å². The number of benzene rings is 3. The largest absolute Gasteiger partial charge is 0.321 e. The summed E-state index contributed by atoms with van der Waals surface area (Å²) in [5.41, 5.74) is 3.84. The molecule has 0 radical (unpaired) electrons. The molecule has 0 saturated carbocycles. The summed E-state index contributed by atoms with van der Waals surface area (Å²) in [6, 6.07) is 27.7. The fraction of sp³-hybridized carbons (Fsp3) is 0.0625. The molecule has 0 fully saturated rings. The number of nitrogens with one attached hydrogen (secondary N) is 3. The molecule has 0 aliphatic rings. The molecule has 7 nitrogen and oxygen atoms in total. The van der Waals surface area contributed by atoms with E-state index in [1.54, 1.807) is 42.5 Å². The number of carbonyl (C=O) groups excluding carboxylic acids is 3. The van der Waals surface area contributed by atoms with Gasteiger partial charge in [0.1, 0.15) is 5.70 Å². The van der Waals surface area contributed by atoms with Crippen LogP contribution in [0.1, 0.15) is 20.8 Å². The predicted octanol–water partition coefficient (Wildman–Crippen LogP) is 7.32. The van der Waals surface area contributed by atoms with Gasteiger partial charge in [0.05, 0.1) is 11.4 Å². The Balaban J connectivity index is 1.17. The van der Waals surface area contributed by atoms with Gasteiger partial charge in [0.15, 0.2) is 5.13 Å². The standard InChI is InChI=1S/C32H26N4O3S3/c1-21-29(23-8-4-2-5-9-23)36-32(42-21)35-28(37)20-41-26-14-12-25(13-15-26)33-31(39)27(18-22-16-17-40-19-22)34-30(38)24-10-6-3-7-11-24/h2-19H,20H2,1H3,(H,33,39)(H,34,38)(H,35,36,37)/b27-18-. The Bertz CT molecular complexity index is 1700. The predicted molar refractivity (Wildman–Crippen MR) is 173 cm³/mol. The third-order valence-electron chi connectivity index (χ3n) is 5.96. The topological polar surface area (TPSA) is 100 Å². The lowest BCUT2D eigenvalue weighted by atomic mass is 10.1. The minimum absolute atomic E-state index is 0.130. The monoisotopic (exact) mass is 610 g/mol. The number of rotatable bonds is 10. The Kier molecular flexibility index (Phi) is 9.60. The molecule has 0 spiro atoms. The Labute approximate surface area is 255 Å². The maximum atomic E-state index is 13.1. The molecule has 0 saturated heterocycles. The Hall–Kier alpha value is -4.51. The van der Waals surface area contributed by atoms with Crippen LogP contribution in [-0.2, 0) is 9.59 Å². The van der Waals surface area contributed by atoms with Crippen molar-refractivity contribution in [3.05, 3.63) is 123 Å². The first-order chi connectivity index (χ1) is 20.4. The van der Waals surface area contributed by atoms with E-state index in [0.717, 1.165) is 26.6 Å². The van der Waals surface area contributed by atoms with Gasteiger partial charge in [-0.25, -0.2) is 4.98 Å². The van der Waals surface area contributed by atoms with Crippen LogP contribution in [0.4, 0.5) is 10.8 Å². The van der Waals surface area contributed by atoms with Crippen LogP contribution >= 0.6 is 34.4 Å². The second kappa shape index (κ2) is 13.9. The van der Waals surface area contributed by atoms with Crippen LogP contribution < -0.4 is 16.0 Å². The average molecular weight is 611 g/mol. The van der Waals surface area contributed by atoms with Gasteiger partial charge < -0.3 is 16.0 Å². The van der Waals surface area contributed by atoms with E-state index in [1.165, 1.54) is 34.4 Å². The van der Waals surface area contributed by atoms with Crippen LogP contribution in [-0.4, -0.2) is 28.5 Å². The molecule has 0 atom stereocenters. The van der Waals surface area contributed by atoms with Crippen molar-refractivity contribution in [3.8, 4) is 11.3 Å². The average Bonchev–Trinajstić information content (AvgIpc) is 3.66. The first-order valence-corrected chi connectivity index (χ1v) is 15.7. The van der Waals surface area contributed by atoms with E-state index in [-0.39, 0.29) is 23.3 Å². The quantitative estimate of drug-likeness (QED) is 0.114. The molecular weight excluding hydrogens is 585 g/mol. The van der Waals surface area contributed by atoms with Gasteiger partial charge in [-0.15, -0.1) is 23.1 Å². The van der Waals surface area contributed by atoms with Crippen molar-refractivity contribution in [2.75, 3.05) is 16.4 Å². The van der Waals surface area contributed by atoms with Crippen LogP contribution in [0, 0.1) is 6.92 Å². The zero-order chi connectivity index (χ0) is 29.3. The van der Waals surface area contributed by atoms with Crippen molar-refractivity contribution in [1.29, 1.82) is 0 Å². The Morgan fingerprint density at radius 1 is 0.881 bits per heavy atom. The molecule has 0 bridgehead atoms. The number of anilines is 2. The molecule has 2 aromatic heterocycles. The molecule has 0 aliphatic carbocycles. The lowest BCUT2D eigenvalue weighted by Crippen LogP contribution is -2.30. The maximum Gasteiger partial charge on any atom is 0.272 e. The van der Waals surface area contributed by atoms with Gasteiger partial charge in [0, 0.05) is 26.6 Å². The fourth-order valence-corrected chi connectivity index (χ4v) is 6.09. The van der Waals surface area contributed by atoms with Crippen molar-refractivity contribution in [1.82, 2.24) is 10.3 Å². The number of thioether (sulfide) groups is 1. The Morgan fingerprint density at radius 3 is 2.29 bits per heavy atom. The fourth-order valence-electron chi connectivity index (χ4n) is 3.92. The van der Waals surface area contributed by atoms with Crippen LogP contribution in [0.5, 0.6) is 0 Å². The molecule has 10 heteroatoms. The van der Waals surface area contributed by atoms with Crippen LogP contribution in [0.3, 0.4) is 0 Å². The molecular formula is C32H26N4O3S3. The summed E-state index contributed by atoms with van der Waals surface area (Å²) < 4.78 is 0. The summed E-state index contributed by atoms with van der Waals surface area (Å²) >= 11 is 4.33. The molecule has 0 aliphatic heterocycles. The van der Waals surface area contributed by atoms with Crippen LogP contribution in [0.2, 0.25) is 0 Å². The molecule has 5 rings (SSSR count). The summed E-state index contributed by atoms with van der Waals surface area (Å²) in [6.45, 7) is 1.99. The minimum atomic E-state index is -0.445. The van der Waals surface area contributed by atoms with E-state index < -0.39 is 5.91 Å². The highest BCUT2D eigenvalue weighted by atomic mass is 32.2. The normalized spacial score (nSPS) is 11.1. The highest BCUT2D eigenvalue weighted by molar-refractivity contribution is 8.00. The maximum absolute atomic E-state index is 13.1. The van der Waals surface area contributed by atoms with Crippen LogP contribution in [0.15, 0.2) is 112 Å². The molecule has 3 N–H and O–H groups in total. The number of hydrogen-bond donors (Lipinski definition) is 3. The number of aryl methyl sites for hydroxylation is 1. The van der Waals surface area contributed by atoms with Gasteiger partial charge in [-0.2, -0.15) is 11.3 Å².